The minimum atomic E-state index is -0.0635. The maximum atomic E-state index is 13.2. The zero-order valence-corrected chi connectivity index (χ0v) is 15.0. The monoisotopic (exact) mass is 351 g/mol. The van der Waals surface area contributed by atoms with E-state index in [4.69, 9.17) is 5.73 Å². The van der Waals surface area contributed by atoms with Crippen LogP contribution in [0.5, 0.6) is 0 Å². The molecule has 2 fully saturated rings. The summed E-state index contributed by atoms with van der Waals surface area (Å²) >= 11 is 0. The van der Waals surface area contributed by atoms with E-state index in [1.807, 2.05) is 29.2 Å². The number of nitrogens with two attached hydrogens (primary N) is 1. The van der Waals surface area contributed by atoms with Crippen LogP contribution in [0.15, 0.2) is 36.3 Å². The van der Waals surface area contributed by atoms with Crippen molar-refractivity contribution in [3.63, 3.8) is 0 Å². The number of carbonyl (C=O) groups excluding carboxylic acids is 1. The van der Waals surface area contributed by atoms with E-state index in [-0.39, 0.29) is 18.0 Å². The molecule has 0 bridgehead atoms. The van der Waals surface area contributed by atoms with Crippen molar-refractivity contribution in [2.45, 2.75) is 44.3 Å². The number of carbonyl (C=O) groups is 1. The summed E-state index contributed by atoms with van der Waals surface area (Å²) in [6.45, 7) is 3.06. The molecule has 2 atom stereocenters. The van der Waals surface area contributed by atoms with E-state index in [0.717, 1.165) is 56.7 Å². The number of piperidine rings is 1. The topological polar surface area (TPSA) is 76.6 Å². The second kappa shape index (κ2) is 7.00. The number of likely N-dealkylation sites (tertiary alicyclic amines) is 1. The van der Waals surface area contributed by atoms with Gasteiger partial charge in [-0.1, -0.05) is 18.2 Å². The summed E-state index contributed by atoms with van der Waals surface area (Å²) in [5.41, 5.74) is 7.71. The van der Waals surface area contributed by atoms with Crippen LogP contribution in [-0.2, 0) is 11.3 Å². The van der Waals surface area contributed by atoms with E-state index in [2.05, 4.69) is 22.1 Å². The highest BCUT2D eigenvalue weighted by Crippen LogP contribution is 2.31. The number of benzene rings is 1. The van der Waals surface area contributed by atoms with Crippen LogP contribution in [-0.4, -0.2) is 52.3 Å². The number of rotatable bonds is 3. The Bertz CT molecular complexity index is 768. The quantitative estimate of drug-likeness (QED) is 0.895. The van der Waals surface area contributed by atoms with E-state index in [1.54, 1.807) is 0 Å². The fraction of sp³-hybridized carbons (Fsp3) is 0.500. The Kier molecular flexibility index (Phi) is 4.56. The number of fused-ring (bicyclic) bond motifs is 1. The zero-order chi connectivity index (χ0) is 18.1. The Morgan fingerprint density at radius 1 is 1.19 bits per heavy atom. The standard InChI is InChI=1S/C20H25N5O/c21-11-15-5-1-2-6-16(15)12-25-19(24-10-3-7-17(22)13-24)14-23-9-4-8-18(23)20(25)26/h1-2,5-6,14,17-18H,3-4,7-10,12-13,22H2. The van der Waals surface area contributed by atoms with E-state index >= 15 is 0 Å². The van der Waals surface area contributed by atoms with Gasteiger partial charge in [-0.2, -0.15) is 5.26 Å². The lowest BCUT2D eigenvalue weighted by Crippen LogP contribution is -2.54. The molecule has 3 heterocycles. The van der Waals surface area contributed by atoms with E-state index in [0.29, 0.717) is 12.1 Å². The predicted molar refractivity (Wildman–Crippen MR) is 98.3 cm³/mol. The summed E-state index contributed by atoms with van der Waals surface area (Å²) in [5.74, 6) is 1.09. The molecule has 6 heteroatoms. The maximum Gasteiger partial charge on any atom is 0.251 e. The number of hydrogen-bond donors (Lipinski definition) is 1. The van der Waals surface area contributed by atoms with Crippen molar-refractivity contribution in [3.8, 4) is 6.07 Å². The fourth-order valence-corrected chi connectivity index (χ4v) is 4.29. The van der Waals surface area contributed by atoms with Crippen molar-refractivity contribution in [3.05, 3.63) is 47.4 Å². The number of nitrogens with zero attached hydrogens (tertiary/aromatic N) is 4. The van der Waals surface area contributed by atoms with Crippen LogP contribution in [0.2, 0.25) is 0 Å². The molecule has 136 valence electrons. The van der Waals surface area contributed by atoms with E-state index in [9.17, 15) is 10.1 Å². The Hall–Kier alpha value is -2.52. The molecule has 3 aliphatic heterocycles. The molecule has 0 radical (unpaired) electrons. The van der Waals surface area contributed by atoms with Gasteiger partial charge >= 0.3 is 0 Å². The van der Waals surface area contributed by atoms with Gasteiger partial charge < -0.3 is 15.5 Å². The summed E-state index contributed by atoms with van der Waals surface area (Å²) in [6, 6.07) is 9.86. The molecule has 1 aromatic carbocycles. The van der Waals surface area contributed by atoms with Crippen LogP contribution >= 0.6 is 0 Å². The molecule has 26 heavy (non-hydrogen) atoms. The third-order valence-corrected chi connectivity index (χ3v) is 5.65. The molecule has 0 aromatic heterocycles. The summed E-state index contributed by atoms with van der Waals surface area (Å²) in [7, 11) is 0. The lowest BCUT2D eigenvalue weighted by atomic mass is 10.0. The second-order valence-electron chi connectivity index (χ2n) is 7.42. The molecule has 2 N–H and O–H groups in total. The van der Waals surface area contributed by atoms with Crippen molar-refractivity contribution in [1.82, 2.24) is 14.7 Å². The van der Waals surface area contributed by atoms with Crippen LogP contribution in [0.3, 0.4) is 0 Å². The van der Waals surface area contributed by atoms with Gasteiger partial charge in [-0.15, -0.1) is 0 Å². The van der Waals surface area contributed by atoms with Gasteiger partial charge in [0.15, 0.2) is 0 Å². The lowest BCUT2D eigenvalue weighted by molar-refractivity contribution is -0.137. The summed E-state index contributed by atoms with van der Waals surface area (Å²) in [4.78, 5) is 19.6. The maximum absolute atomic E-state index is 13.2. The second-order valence-corrected chi connectivity index (χ2v) is 7.42. The average molecular weight is 351 g/mol. The lowest BCUT2D eigenvalue weighted by Gasteiger charge is -2.44. The van der Waals surface area contributed by atoms with E-state index < -0.39 is 0 Å². The minimum absolute atomic E-state index is 0.0635. The molecule has 6 nitrogen and oxygen atoms in total. The van der Waals surface area contributed by atoms with Crippen LogP contribution < -0.4 is 5.73 Å². The molecule has 1 amide bonds. The van der Waals surface area contributed by atoms with Crippen molar-refractivity contribution < 1.29 is 4.79 Å². The van der Waals surface area contributed by atoms with Gasteiger partial charge in [-0.3, -0.25) is 9.69 Å². The molecule has 1 aromatic rings. The first kappa shape index (κ1) is 16.9. The fourth-order valence-electron chi connectivity index (χ4n) is 4.29. The van der Waals surface area contributed by atoms with Gasteiger partial charge in [0.2, 0.25) is 0 Å². The van der Waals surface area contributed by atoms with Gasteiger partial charge in [0.25, 0.3) is 5.91 Å². The first-order chi connectivity index (χ1) is 12.7. The molecular formula is C20H25N5O. The van der Waals surface area contributed by atoms with Gasteiger partial charge in [-0.05, 0) is 37.3 Å². The van der Waals surface area contributed by atoms with Gasteiger partial charge in [0.1, 0.15) is 11.9 Å². The highest BCUT2D eigenvalue weighted by molar-refractivity contribution is 5.85. The smallest absolute Gasteiger partial charge is 0.251 e. The molecule has 2 unspecified atom stereocenters. The van der Waals surface area contributed by atoms with Crippen molar-refractivity contribution >= 4 is 5.91 Å². The predicted octanol–water partition coefficient (Wildman–Crippen LogP) is 1.59. The Balaban J connectivity index is 1.68. The largest absolute Gasteiger partial charge is 0.363 e. The molecule has 0 spiro atoms. The van der Waals surface area contributed by atoms with Gasteiger partial charge in [-0.25, -0.2) is 0 Å². The normalized spacial score (nSPS) is 25.8. The Morgan fingerprint density at radius 3 is 2.81 bits per heavy atom. The van der Waals surface area contributed by atoms with Crippen LogP contribution in [0.25, 0.3) is 0 Å². The SMILES string of the molecule is N#Cc1ccccc1CN1C(=O)C2CCCN2C=C1N1CCCC(N)C1. The molecule has 0 saturated carbocycles. The Morgan fingerprint density at radius 2 is 2.00 bits per heavy atom. The molecular weight excluding hydrogens is 326 g/mol. The number of nitriles is 1. The molecule has 4 rings (SSSR count). The highest BCUT2D eigenvalue weighted by atomic mass is 16.2. The van der Waals surface area contributed by atoms with Crippen LogP contribution in [0.1, 0.15) is 36.8 Å². The third kappa shape index (κ3) is 3.04. The molecule has 0 aliphatic carbocycles. The van der Waals surface area contributed by atoms with Gasteiger partial charge in [0, 0.05) is 31.9 Å². The molecule has 2 saturated heterocycles. The summed E-state index contributed by atoms with van der Waals surface area (Å²) in [6.07, 6.45) is 6.16. The van der Waals surface area contributed by atoms with Crippen LogP contribution in [0, 0.1) is 11.3 Å². The Labute approximate surface area is 154 Å². The van der Waals surface area contributed by atoms with Crippen molar-refractivity contribution in [2.75, 3.05) is 19.6 Å². The van der Waals surface area contributed by atoms with Crippen molar-refractivity contribution in [1.29, 1.82) is 5.26 Å². The first-order valence-corrected chi connectivity index (χ1v) is 9.45. The third-order valence-electron chi connectivity index (χ3n) is 5.65. The minimum Gasteiger partial charge on any atom is -0.363 e. The van der Waals surface area contributed by atoms with Gasteiger partial charge in [0.05, 0.1) is 18.2 Å². The molecule has 3 aliphatic rings. The summed E-state index contributed by atoms with van der Waals surface area (Å²) < 4.78 is 0. The number of amides is 1. The van der Waals surface area contributed by atoms with E-state index in [1.165, 1.54) is 0 Å². The highest BCUT2D eigenvalue weighted by Gasteiger charge is 2.40. The van der Waals surface area contributed by atoms with Crippen molar-refractivity contribution in [2.24, 2.45) is 5.73 Å². The average Bonchev–Trinajstić information content (AvgIpc) is 3.13. The zero-order valence-electron chi connectivity index (χ0n) is 15.0. The summed E-state index contributed by atoms with van der Waals surface area (Å²) in [5, 5.41) is 9.41. The number of hydrogen-bond acceptors (Lipinski definition) is 5. The first-order valence-electron chi connectivity index (χ1n) is 9.45. The van der Waals surface area contributed by atoms with Crippen LogP contribution in [0.4, 0.5) is 0 Å².